The molecule has 0 saturated carbocycles. The fraction of sp³-hybridized carbons (Fsp3) is 0.611. The van der Waals surface area contributed by atoms with E-state index in [1.165, 1.54) is 25.7 Å². The summed E-state index contributed by atoms with van der Waals surface area (Å²) >= 11 is 0. The average molecular weight is 322 g/mol. The lowest BCUT2D eigenvalue weighted by atomic mass is 10.1. The number of rotatable bonds is 9. The van der Waals surface area contributed by atoms with E-state index in [0.717, 1.165) is 12.8 Å². The number of phenols is 1. The van der Waals surface area contributed by atoms with E-state index in [1.807, 2.05) is 0 Å². The number of ketones is 1. The molecule has 1 aliphatic heterocycles. The maximum atomic E-state index is 11.4. The normalized spacial score (nSPS) is 17.3. The first-order valence-corrected chi connectivity index (χ1v) is 8.40. The molecule has 5 nitrogen and oxygen atoms in total. The van der Waals surface area contributed by atoms with Crippen molar-refractivity contribution in [3.8, 4) is 5.75 Å². The fourth-order valence-electron chi connectivity index (χ4n) is 2.57. The van der Waals surface area contributed by atoms with Crippen molar-refractivity contribution in [2.24, 2.45) is 0 Å². The molecule has 1 N–H and O–H groups in total. The summed E-state index contributed by atoms with van der Waals surface area (Å²) in [5, 5.41) is 10.1. The average Bonchev–Trinajstić information content (AvgIpc) is 2.56. The highest BCUT2D eigenvalue weighted by molar-refractivity contribution is 5.81. The molecule has 0 amide bonds. The van der Waals surface area contributed by atoms with E-state index >= 15 is 0 Å². The molecule has 5 heteroatoms. The second kappa shape index (κ2) is 9.01. The van der Waals surface area contributed by atoms with Crippen molar-refractivity contribution >= 4 is 5.78 Å². The molecule has 0 unspecified atom stereocenters. The van der Waals surface area contributed by atoms with Gasteiger partial charge in [0, 0.05) is 0 Å². The first-order valence-electron chi connectivity index (χ1n) is 8.40. The highest BCUT2D eigenvalue weighted by Gasteiger charge is 2.42. The number of hydrogen-bond donors (Lipinski definition) is 1. The highest BCUT2D eigenvalue weighted by Crippen LogP contribution is 2.36. The van der Waals surface area contributed by atoms with Gasteiger partial charge in [-0.25, -0.2) is 0 Å². The van der Waals surface area contributed by atoms with E-state index in [2.05, 4.69) is 6.92 Å². The number of phenolic OH excluding ortho intramolecular Hbond substituents is 1. The van der Waals surface area contributed by atoms with Gasteiger partial charge in [-0.3, -0.25) is 4.79 Å². The standard InChI is InChI=1S/C18H26O5/c1-2-3-4-5-6-9-12-21-18(22-13-15(19)14-23-18)16-10-7-8-11-17(16)20/h7-8,10-11,20H,2-6,9,12-14H2,1H3. The zero-order chi connectivity index (χ0) is 16.5. The molecule has 1 aliphatic rings. The number of para-hydroxylation sites is 1. The molecule has 1 aromatic carbocycles. The minimum absolute atomic E-state index is 0.0322. The molecule has 1 fully saturated rings. The molecular formula is C18H26O5. The number of ether oxygens (including phenoxy) is 3. The Morgan fingerprint density at radius 2 is 1.74 bits per heavy atom. The van der Waals surface area contributed by atoms with Crippen LogP contribution in [0.1, 0.15) is 51.0 Å². The molecule has 0 bridgehead atoms. The Balaban J connectivity index is 1.93. The van der Waals surface area contributed by atoms with Crippen molar-refractivity contribution in [1.29, 1.82) is 0 Å². The molecular weight excluding hydrogens is 296 g/mol. The van der Waals surface area contributed by atoms with Gasteiger partial charge in [-0.1, -0.05) is 51.2 Å². The Morgan fingerprint density at radius 3 is 2.43 bits per heavy atom. The van der Waals surface area contributed by atoms with Crippen LogP contribution in [0.2, 0.25) is 0 Å². The van der Waals surface area contributed by atoms with E-state index < -0.39 is 5.97 Å². The largest absolute Gasteiger partial charge is 0.507 e. The SMILES string of the molecule is CCCCCCCCOC1(c2ccccc2O)OCC(=O)CO1. The number of carbonyl (C=O) groups excluding carboxylic acids is 1. The smallest absolute Gasteiger partial charge is 0.316 e. The second-order valence-electron chi connectivity index (χ2n) is 5.81. The lowest BCUT2D eigenvalue weighted by Gasteiger charge is -2.36. The van der Waals surface area contributed by atoms with Crippen LogP contribution in [-0.4, -0.2) is 30.7 Å². The van der Waals surface area contributed by atoms with Crippen molar-refractivity contribution in [2.45, 2.75) is 51.4 Å². The highest BCUT2D eigenvalue weighted by atomic mass is 16.9. The Kier molecular flexibility index (Phi) is 7.02. The van der Waals surface area contributed by atoms with Gasteiger partial charge in [0.1, 0.15) is 19.0 Å². The van der Waals surface area contributed by atoms with Crippen molar-refractivity contribution in [3.05, 3.63) is 29.8 Å². The Morgan fingerprint density at radius 1 is 1.09 bits per heavy atom. The van der Waals surface area contributed by atoms with E-state index in [1.54, 1.807) is 24.3 Å². The van der Waals surface area contributed by atoms with Crippen molar-refractivity contribution in [3.63, 3.8) is 0 Å². The van der Waals surface area contributed by atoms with Crippen molar-refractivity contribution in [1.82, 2.24) is 0 Å². The van der Waals surface area contributed by atoms with Crippen LogP contribution in [0.15, 0.2) is 24.3 Å². The summed E-state index contributed by atoms with van der Waals surface area (Å²) in [6.07, 6.45) is 6.87. The van der Waals surface area contributed by atoms with Gasteiger partial charge in [-0.2, -0.15) is 0 Å². The third-order valence-corrected chi connectivity index (χ3v) is 3.87. The summed E-state index contributed by atoms with van der Waals surface area (Å²) in [6, 6.07) is 6.73. The van der Waals surface area contributed by atoms with Gasteiger partial charge in [0.25, 0.3) is 0 Å². The van der Waals surface area contributed by atoms with E-state index in [9.17, 15) is 9.90 Å². The molecule has 2 rings (SSSR count). The number of Topliss-reactive ketones (excluding diaryl/α,β-unsaturated/α-hetero) is 1. The lowest BCUT2D eigenvalue weighted by Crippen LogP contribution is -2.44. The molecule has 1 aromatic rings. The quantitative estimate of drug-likeness (QED) is 0.705. The van der Waals surface area contributed by atoms with Gasteiger partial charge in [0.2, 0.25) is 0 Å². The molecule has 0 aliphatic carbocycles. The summed E-state index contributed by atoms with van der Waals surface area (Å²) in [7, 11) is 0. The number of unbranched alkanes of at least 4 members (excludes halogenated alkanes) is 5. The summed E-state index contributed by atoms with van der Waals surface area (Å²) in [5.41, 5.74) is 0.401. The van der Waals surface area contributed by atoms with Gasteiger partial charge >= 0.3 is 5.97 Å². The third-order valence-electron chi connectivity index (χ3n) is 3.87. The van der Waals surface area contributed by atoms with Crippen LogP contribution < -0.4 is 0 Å². The number of benzene rings is 1. The van der Waals surface area contributed by atoms with E-state index in [-0.39, 0.29) is 24.7 Å². The topological polar surface area (TPSA) is 65.0 Å². The summed E-state index contributed by atoms with van der Waals surface area (Å²) in [4.78, 5) is 11.4. The summed E-state index contributed by atoms with van der Waals surface area (Å²) in [5.74, 6) is -1.59. The monoisotopic (exact) mass is 322 g/mol. The van der Waals surface area contributed by atoms with Gasteiger partial charge in [0.05, 0.1) is 12.2 Å². The minimum atomic E-state index is -1.48. The molecule has 0 atom stereocenters. The van der Waals surface area contributed by atoms with Crippen molar-refractivity contribution in [2.75, 3.05) is 19.8 Å². The van der Waals surface area contributed by atoms with Crippen LogP contribution in [0.5, 0.6) is 5.75 Å². The number of carbonyl (C=O) groups is 1. The molecule has 128 valence electrons. The predicted octanol–water partition coefficient (Wildman–Crippen LogP) is 3.50. The van der Waals surface area contributed by atoms with Crippen LogP contribution in [0, 0.1) is 0 Å². The Bertz CT molecular complexity index is 490. The molecule has 1 heterocycles. The van der Waals surface area contributed by atoms with Gasteiger partial charge in [-0.15, -0.1) is 0 Å². The van der Waals surface area contributed by atoms with Crippen LogP contribution >= 0.6 is 0 Å². The maximum Gasteiger partial charge on any atom is 0.316 e. The summed E-state index contributed by atoms with van der Waals surface area (Å²) < 4.78 is 16.9. The van der Waals surface area contributed by atoms with Crippen molar-refractivity contribution < 1.29 is 24.1 Å². The number of aromatic hydroxyl groups is 1. The summed E-state index contributed by atoms with van der Waals surface area (Å²) in [6.45, 7) is 2.49. The first-order chi connectivity index (χ1) is 11.2. The Labute approximate surface area is 137 Å². The van der Waals surface area contributed by atoms with Gasteiger partial charge in [-0.05, 0) is 18.6 Å². The lowest BCUT2D eigenvalue weighted by molar-refractivity contribution is -0.399. The first kappa shape index (κ1) is 17.9. The molecule has 0 spiro atoms. The van der Waals surface area contributed by atoms with Gasteiger partial charge < -0.3 is 19.3 Å². The van der Waals surface area contributed by atoms with Crippen LogP contribution in [-0.2, 0) is 25.0 Å². The Hall–Kier alpha value is -1.43. The fourth-order valence-corrected chi connectivity index (χ4v) is 2.57. The molecule has 0 aromatic heterocycles. The number of hydrogen-bond acceptors (Lipinski definition) is 5. The van der Waals surface area contributed by atoms with Crippen LogP contribution in [0.25, 0.3) is 0 Å². The van der Waals surface area contributed by atoms with Crippen LogP contribution in [0.4, 0.5) is 0 Å². The minimum Gasteiger partial charge on any atom is -0.507 e. The second-order valence-corrected chi connectivity index (χ2v) is 5.81. The van der Waals surface area contributed by atoms with Crippen LogP contribution in [0.3, 0.4) is 0 Å². The third kappa shape index (κ3) is 5.03. The molecule has 1 saturated heterocycles. The van der Waals surface area contributed by atoms with E-state index in [0.29, 0.717) is 12.2 Å². The van der Waals surface area contributed by atoms with E-state index in [4.69, 9.17) is 14.2 Å². The zero-order valence-corrected chi connectivity index (χ0v) is 13.8. The zero-order valence-electron chi connectivity index (χ0n) is 13.8. The van der Waals surface area contributed by atoms with Gasteiger partial charge in [0.15, 0.2) is 5.78 Å². The maximum absolute atomic E-state index is 11.4. The molecule has 23 heavy (non-hydrogen) atoms. The predicted molar refractivity (Wildman–Crippen MR) is 86.0 cm³/mol. The molecule has 0 radical (unpaired) electrons.